The van der Waals surface area contributed by atoms with Gasteiger partial charge in [0.25, 0.3) is 11.6 Å². The molecular weight excluding hydrogens is 484 g/mol. The van der Waals surface area contributed by atoms with Crippen molar-refractivity contribution in [2.75, 3.05) is 24.5 Å². The molecule has 0 bridgehead atoms. The van der Waals surface area contributed by atoms with Crippen LogP contribution < -0.4 is 4.90 Å². The molecule has 3 aromatic carbocycles. The standard InChI is InChI=1S/C29H22N4O5/c34-27(16-11-23-10-9-20-3-1-2-4-26(20)30-23)21-5-7-22(8-6-21)29(36)31-17-18-32(28(35)19-31)24-12-14-25(15-13-24)33(37)38/h1-16H,17-19H2. The van der Waals surface area contributed by atoms with Gasteiger partial charge in [-0.2, -0.15) is 0 Å². The lowest BCUT2D eigenvalue weighted by Crippen LogP contribution is -2.52. The minimum atomic E-state index is -0.501. The zero-order valence-corrected chi connectivity index (χ0v) is 20.2. The van der Waals surface area contributed by atoms with Crippen LogP contribution in [0.1, 0.15) is 26.4 Å². The number of fused-ring (bicyclic) bond motifs is 1. The molecule has 2 amide bonds. The fourth-order valence-electron chi connectivity index (χ4n) is 4.27. The van der Waals surface area contributed by atoms with Crippen LogP contribution in [-0.4, -0.2) is 52.0 Å². The second kappa shape index (κ2) is 10.4. The van der Waals surface area contributed by atoms with E-state index in [2.05, 4.69) is 4.98 Å². The molecule has 0 atom stereocenters. The number of anilines is 1. The van der Waals surface area contributed by atoms with Gasteiger partial charge < -0.3 is 9.80 Å². The molecule has 5 rings (SSSR count). The number of allylic oxidation sites excluding steroid dienone is 1. The average molecular weight is 507 g/mol. The number of nitro groups is 1. The lowest BCUT2D eigenvalue weighted by Gasteiger charge is -2.34. The molecule has 0 N–H and O–H groups in total. The number of hydrogen-bond donors (Lipinski definition) is 0. The lowest BCUT2D eigenvalue weighted by atomic mass is 10.1. The van der Waals surface area contributed by atoms with E-state index in [1.807, 2.05) is 36.4 Å². The number of aromatic nitrogens is 1. The van der Waals surface area contributed by atoms with Gasteiger partial charge in [-0.05, 0) is 48.6 Å². The second-order valence-electron chi connectivity index (χ2n) is 8.75. The molecule has 0 saturated carbocycles. The van der Waals surface area contributed by atoms with Crippen LogP contribution in [0, 0.1) is 10.1 Å². The Labute approximate surface area is 217 Å². The van der Waals surface area contributed by atoms with Crippen molar-refractivity contribution in [2.24, 2.45) is 0 Å². The molecule has 0 radical (unpaired) electrons. The van der Waals surface area contributed by atoms with Gasteiger partial charge in [0.05, 0.1) is 16.1 Å². The first-order chi connectivity index (χ1) is 18.4. The number of carbonyl (C=O) groups excluding carboxylic acids is 3. The van der Waals surface area contributed by atoms with Gasteiger partial charge in [-0.15, -0.1) is 0 Å². The van der Waals surface area contributed by atoms with Crippen molar-refractivity contribution in [2.45, 2.75) is 0 Å². The number of benzene rings is 3. The number of pyridine rings is 1. The number of rotatable bonds is 6. The number of para-hydroxylation sites is 1. The number of nitro benzene ring substituents is 1. The molecule has 1 aromatic heterocycles. The first kappa shape index (κ1) is 24.5. The van der Waals surface area contributed by atoms with Crippen molar-refractivity contribution in [1.29, 1.82) is 0 Å². The van der Waals surface area contributed by atoms with E-state index in [1.165, 1.54) is 40.1 Å². The highest BCUT2D eigenvalue weighted by Gasteiger charge is 2.29. The Bertz CT molecular complexity index is 1580. The van der Waals surface area contributed by atoms with Crippen molar-refractivity contribution in [3.63, 3.8) is 0 Å². The Hall–Kier alpha value is -5.18. The number of nitrogens with zero attached hydrogens (tertiary/aromatic N) is 4. The first-order valence-corrected chi connectivity index (χ1v) is 11.9. The third kappa shape index (κ3) is 5.17. The summed E-state index contributed by atoms with van der Waals surface area (Å²) in [5.41, 5.74) is 2.80. The van der Waals surface area contributed by atoms with Crippen LogP contribution in [0.25, 0.3) is 17.0 Å². The highest BCUT2D eigenvalue weighted by atomic mass is 16.6. The fraction of sp³-hybridized carbons (Fsp3) is 0.103. The smallest absolute Gasteiger partial charge is 0.269 e. The summed E-state index contributed by atoms with van der Waals surface area (Å²) in [6.07, 6.45) is 3.11. The van der Waals surface area contributed by atoms with E-state index in [-0.39, 0.29) is 36.4 Å². The van der Waals surface area contributed by atoms with Crippen LogP contribution in [0.3, 0.4) is 0 Å². The summed E-state index contributed by atoms with van der Waals surface area (Å²) in [6.45, 7) is 0.467. The highest BCUT2D eigenvalue weighted by Crippen LogP contribution is 2.22. The van der Waals surface area contributed by atoms with Gasteiger partial charge in [-0.3, -0.25) is 24.5 Å². The number of hydrogen-bond acceptors (Lipinski definition) is 6. The topological polar surface area (TPSA) is 114 Å². The van der Waals surface area contributed by atoms with Crippen LogP contribution >= 0.6 is 0 Å². The van der Waals surface area contributed by atoms with Gasteiger partial charge in [0.1, 0.15) is 6.54 Å². The van der Waals surface area contributed by atoms with Crippen LogP contribution in [0.2, 0.25) is 0 Å². The quantitative estimate of drug-likeness (QED) is 0.164. The maximum atomic E-state index is 13.0. The molecule has 2 heterocycles. The molecule has 0 spiro atoms. The van der Waals surface area contributed by atoms with E-state index in [0.717, 1.165) is 10.9 Å². The highest BCUT2D eigenvalue weighted by molar-refractivity contribution is 6.07. The van der Waals surface area contributed by atoms with Gasteiger partial charge in [-0.25, -0.2) is 4.98 Å². The largest absolute Gasteiger partial charge is 0.328 e. The van der Waals surface area contributed by atoms with Crippen LogP contribution in [0.15, 0.2) is 91.0 Å². The molecule has 0 unspecified atom stereocenters. The molecular formula is C29H22N4O5. The molecule has 0 aliphatic carbocycles. The Morgan fingerprint density at radius 1 is 0.868 bits per heavy atom. The van der Waals surface area contributed by atoms with E-state index < -0.39 is 4.92 Å². The van der Waals surface area contributed by atoms with Crippen molar-refractivity contribution >= 4 is 46.0 Å². The summed E-state index contributed by atoms with van der Waals surface area (Å²) in [7, 11) is 0. The van der Waals surface area contributed by atoms with Crippen LogP contribution in [-0.2, 0) is 4.79 Å². The average Bonchev–Trinajstić information content (AvgIpc) is 2.95. The first-order valence-electron chi connectivity index (χ1n) is 11.9. The zero-order valence-electron chi connectivity index (χ0n) is 20.2. The molecule has 38 heavy (non-hydrogen) atoms. The van der Waals surface area contributed by atoms with E-state index in [1.54, 1.807) is 30.3 Å². The Morgan fingerprint density at radius 3 is 2.29 bits per heavy atom. The molecule has 1 aliphatic rings. The van der Waals surface area contributed by atoms with Crippen molar-refractivity contribution in [3.8, 4) is 0 Å². The summed E-state index contributed by atoms with van der Waals surface area (Å²) >= 11 is 0. The van der Waals surface area contributed by atoms with Gasteiger partial charge in [-0.1, -0.05) is 36.4 Å². The second-order valence-corrected chi connectivity index (χ2v) is 8.75. The Kier molecular flexibility index (Phi) is 6.73. The summed E-state index contributed by atoms with van der Waals surface area (Å²) < 4.78 is 0. The molecule has 1 saturated heterocycles. The molecule has 188 valence electrons. The number of amides is 2. The van der Waals surface area contributed by atoms with Crippen molar-refractivity contribution in [3.05, 3.63) is 118 Å². The predicted octanol–water partition coefficient (Wildman–Crippen LogP) is 4.53. The maximum absolute atomic E-state index is 13.0. The third-order valence-corrected chi connectivity index (χ3v) is 6.32. The minimum Gasteiger partial charge on any atom is -0.328 e. The maximum Gasteiger partial charge on any atom is 0.269 e. The summed E-state index contributed by atoms with van der Waals surface area (Å²) in [4.78, 5) is 56.2. The Morgan fingerprint density at radius 2 is 1.58 bits per heavy atom. The Balaban J connectivity index is 1.21. The number of carbonyl (C=O) groups is 3. The van der Waals surface area contributed by atoms with Gasteiger partial charge in [0.2, 0.25) is 5.91 Å². The van der Waals surface area contributed by atoms with Crippen LogP contribution in [0.5, 0.6) is 0 Å². The minimum absolute atomic E-state index is 0.0576. The van der Waals surface area contributed by atoms with E-state index >= 15 is 0 Å². The summed E-state index contributed by atoms with van der Waals surface area (Å²) in [5, 5.41) is 11.9. The molecule has 9 heteroatoms. The van der Waals surface area contributed by atoms with E-state index in [0.29, 0.717) is 29.1 Å². The summed E-state index contributed by atoms with van der Waals surface area (Å²) in [6, 6.07) is 23.6. The van der Waals surface area contributed by atoms with Crippen molar-refractivity contribution < 1.29 is 19.3 Å². The monoisotopic (exact) mass is 506 g/mol. The number of ketones is 1. The summed E-state index contributed by atoms with van der Waals surface area (Å²) in [5.74, 6) is -0.805. The lowest BCUT2D eigenvalue weighted by molar-refractivity contribution is -0.384. The van der Waals surface area contributed by atoms with Gasteiger partial charge >= 0.3 is 0 Å². The van der Waals surface area contributed by atoms with Crippen LogP contribution in [0.4, 0.5) is 11.4 Å². The van der Waals surface area contributed by atoms with Gasteiger partial charge in [0, 0.05) is 47.4 Å². The SMILES string of the molecule is O=C(C=Cc1ccc2ccccc2n1)c1ccc(C(=O)N2CCN(c3ccc([N+](=O)[O-])cc3)C(=O)C2)cc1. The number of non-ortho nitro benzene ring substituents is 1. The normalized spacial score (nSPS) is 13.7. The molecule has 9 nitrogen and oxygen atoms in total. The third-order valence-electron chi connectivity index (χ3n) is 6.32. The van der Waals surface area contributed by atoms with Gasteiger partial charge in [0.15, 0.2) is 5.78 Å². The fourth-order valence-corrected chi connectivity index (χ4v) is 4.27. The molecule has 1 aliphatic heterocycles. The van der Waals surface area contributed by atoms with E-state index in [9.17, 15) is 24.5 Å². The number of piperazine rings is 1. The zero-order chi connectivity index (χ0) is 26.6. The molecule has 1 fully saturated rings. The molecule has 4 aromatic rings. The predicted molar refractivity (Wildman–Crippen MR) is 143 cm³/mol. The van der Waals surface area contributed by atoms with Crippen molar-refractivity contribution in [1.82, 2.24) is 9.88 Å². The van der Waals surface area contributed by atoms with E-state index in [4.69, 9.17) is 0 Å².